The van der Waals surface area contributed by atoms with Crippen LogP contribution in [0.3, 0.4) is 0 Å². The molecule has 0 aliphatic rings. The largest absolute Gasteiger partial charge is 0.394 e. The molecule has 0 aromatic carbocycles. The average Bonchev–Trinajstić information content (AvgIpc) is 2.67. The molecule has 3 nitrogen and oxygen atoms in total. The van der Waals surface area contributed by atoms with Gasteiger partial charge in [0.05, 0.1) is 17.5 Å². The third-order valence-electron chi connectivity index (χ3n) is 2.16. The van der Waals surface area contributed by atoms with E-state index in [4.69, 9.17) is 0 Å². The molecule has 1 atom stereocenters. The third kappa shape index (κ3) is 4.33. The predicted octanol–water partition coefficient (Wildman–Crippen LogP) is 2.28. The van der Waals surface area contributed by atoms with Gasteiger partial charge in [-0.3, -0.25) is 4.79 Å². The fourth-order valence-electron chi connectivity index (χ4n) is 1.56. The number of hydrogen-bond donors (Lipinski definition) is 2. The van der Waals surface area contributed by atoms with E-state index in [-0.39, 0.29) is 24.0 Å². The van der Waals surface area contributed by atoms with Crippen LogP contribution in [0, 0.1) is 5.41 Å². The molecule has 90 valence electrons. The third-order valence-corrected chi connectivity index (χ3v) is 3.03. The van der Waals surface area contributed by atoms with Gasteiger partial charge in [-0.2, -0.15) is 0 Å². The van der Waals surface area contributed by atoms with Crippen LogP contribution in [-0.2, 0) is 0 Å². The summed E-state index contributed by atoms with van der Waals surface area (Å²) in [5.74, 6) is -0.0988. The van der Waals surface area contributed by atoms with E-state index in [1.807, 2.05) is 11.4 Å². The maximum atomic E-state index is 11.7. The van der Waals surface area contributed by atoms with Gasteiger partial charge in [0.25, 0.3) is 5.91 Å². The van der Waals surface area contributed by atoms with Crippen molar-refractivity contribution in [2.75, 3.05) is 6.61 Å². The number of carbonyl (C=O) groups excluding carboxylic acids is 1. The van der Waals surface area contributed by atoms with E-state index in [9.17, 15) is 9.90 Å². The quantitative estimate of drug-likeness (QED) is 0.849. The Kier molecular flexibility index (Phi) is 4.50. The van der Waals surface area contributed by atoms with E-state index in [0.29, 0.717) is 4.88 Å². The number of aliphatic hydroxyl groups excluding tert-OH is 1. The van der Waals surface area contributed by atoms with E-state index < -0.39 is 0 Å². The molecule has 16 heavy (non-hydrogen) atoms. The van der Waals surface area contributed by atoms with Crippen LogP contribution in [0.5, 0.6) is 0 Å². The number of aliphatic hydroxyl groups is 1. The van der Waals surface area contributed by atoms with Crippen LogP contribution in [0.4, 0.5) is 0 Å². The second-order valence-corrected chi connectivity index (χ2v) is 6.04. The summed E-state index contributed by atoms with van der Waals surface area (Å²) in [6.07, 6.45) is 0.764. The van der Waals surface area contributed by atoms with Gasteiger partial charge in [0.15, 0.2) is 0 Å². The van der Waals surface area contributed by atoms with Crippen molar-refractivity contribution in [1.82, 2.24) is 5.32 Å². The summed E-state index contributed by atoms with van der Waals surface area (Å²) >= 11 is 1.41. The van der Waals surface area contributed by atoms with E-state index in [1.54, 1.807) is 6.07 Å². The Morgan fingerprint density at radius 2 is 2.25 bits per heavy atom. The maximum absolute atomic E-state index is 11.7. The van der Waals surface area contributed by atoms with Crippen LogP contribution >= 0.6 is 11.3 Å². The van der Waals surface area contributed by atoms with Crippen molar-refractivity contribution in [1.29, 1.82) is 0 Å². The van der Waals surface area contributed by atoms with Crippen LogP contribution in [0.15, 0.2) is 17.5 Å². The number of amides is 1. The SMILES string of the molecule is CC(C)(C)CC(CO)NC(=O)c1cccs1. The predicted molar refractivity (Wildman–Crippen MR) is 66.7 cm³/mol. The summed E-state index contributed by atoms with van der Waals surface area (Å²) in [4.78, 5) is 12.4. The second-order valence-electron chi connectivity index (χ2n) is 5.10. The molecule has 1 heterocycles. The maximum Gasteiger partial charge on any atom is 0.261 e. The van der Waals surface area contributed by atoms with Crippen molar-refractivity contribution < 1.29 is 9.90 Å². The van der Waals surface area contributed by atoms with Crippen molar-refractivity contribution in [3.8, 4) is 0 Å². The minimum absolute atomic E-state index is 0.0195. The molecule has 0 bridgehead atoms. The summed E-state index contributed by atoms with van der Waals surface area (Å²) < 4.78 is 0. The summed E-state index contributed by atoms with van der Waals surface area (Å²) in [5.41, 5.74) is 0.0934. The molecular weight excluding hydrogens is 222 g/mol. The lowest BCUT2D eigenvalue weighted by Crippen LogP contribution is -2.39. The molecule has 1 rings (SSSR count). The minimum Gasteiger partial charge on any atom is -0.394 e. The zero-order valence-corrected chi connectivity index (χ0v) is 10.8. The fraction of sp³-hybridized carbons (Fsp3) is 0.583. The Hall–Kier alpha value is -0.870. The number of nitrogens with one attached hydrogen (secondary N) is 1. The smallest absolute Gasteiger partial charge is 0.261 e. The van der Waals surface area contributed by atoms with Gasteiger partial charge in [-0.05, 0) is 23.3 Å². The average molecular weight is 241 g/mol. The van der Waals surface area contributed by atoms with Gasteiger partial charge in [-0.25, -0.2) is 0 Å². The fourth-order valence-corrected chi connectivity index (χ4v) is 2.19. The molecule has 1 unspecified atom stereocenters. The normalized spacial score (nSPS) is 13.5. The lowest BCUT2D eigenvalue weighted by molar-refractivity contribution is 0.0902. The minimum atomic E-state index is -0.172. The van der Waals surface area contributed by atoms with E-state index in [1.165, 1.54) is 11.3 Å². The summed E-state index contributed by atoms with van der Waals surface area (Å²) in [6.45, 7) is 6.25. The zero-order valence-electron chi connectivity index (χ0n) is 9.99. The summed E-state index contributed by atoms with van der Waals surface area (Å²) in [6, 6.07) is 3.46. The molecule has 0 aliphatic carbocycles. The zero-order chi connectivity index (χ0) is 12.2. The van der Waals surface area contributed by atoms with Gasteiger partial charge in [0.1, 0.15) is 0 Å². The first-order chi connectivity index (χ1) is 7.42. The molecule has 1 aromatic heterocycles. The lowest BCUT2D eigenvalue weighted by atomic mass is 9.88. The van der Waals surface area contributed by atoms with Gasteiger partial charge in [0.2, 0.25) is 0 Å². The first-order valence-electron chi connectivity index (χ1n) is 5.37. The van der Waals surface area contributed by atoms with Crippen molar-refractivity contribution in [2.45, 2.75) is 33.2 Å². The highest BCUT2D eigenvalue weighted by Gasteiger charge is 2.20. The molecule has 4 heteroatoms. The summed E-state index contributed by atoms with van der Waals surface area (Å²) in [5, 5.41) is 13.9. The standard InChI is InChI=1S/C12H19NO2S/c1-12(2,3)7-9(8-14)13-11(15)10-5-4-6-16-10/h4-6,9,14H,7-8H2,1-3H3,(H,13,15). The number of rotatable bonds is 4. The Labute approximate surface area is 100 Å². The van der Waals surface area contributed by atoms with Gasteiger partial charge in [-0.1, -0.05) is 26.8 Å². The van der Waals surface area contributed by atoms with Crippen LogP contribution in [-0.4, -0.2) is 23.7 Å². The Morgan fingerprint density at radius 3 is 2.69 bits per heavy atom. The van der Waals surface area contributed by atoms with Crippen molar-refractivity contribution in [3.05, 3.63) is 22.4 Å². The number of carbonyl (C=O) groups is 1. The van der Waals surface area contributed by atoms with Crippen LogP contribution in [0.1, 0.15) is 36.9 Å². The molecule has 0 spiro atoms. The Bertz CT molecular complexity index is 327. The van der Waals surface area contributed by atoms with Crippen LogP contribution in [0.2, 0.25) is 0 Å². The van der Waals surface area contributed by atoms with E-state index in [2.05, 4.69) is 26.1 Å². The highest BCUT2D eigenvalue weighted by Crippen LogP contribution is 2.21. The molecule has 1 aromatic rings. The first kappa shape index (κ1) is 13.2. The molecule has 0 radical (unpaired) electrons. The molecule has 0 saturated carbocycles. The van der Waals surface area contributed by atoms with Crippen molar-refractivity contribution >= 4 is 17.2 Å². The monoisotopic (exact) mass is 241 g/mol. The van der Waals surface area contributed by atoms with Crippen molar-refractivity contribution in [2.24, 2.45) is 5.41 Å². The van der Waals surface area contributed by atoms with Gasteiger partial charge in [-0.15, -0.1) is 11.3 Å². The molecule has 0 fully saturated rings. The highest BCUT2D eigenvalue weighted by atomic mass is 32.1. The van der Waals surface area contributed by atoms with Crippen molar-refractivity contribution in [3.63, 3.8) is 0 Å². The number of thiophene rings is 1. The highest BCUT2D eigenvalue weighted by molar-refractivity contribution is 7.12. The Morgan fingerprint density at radius 1 is 1.56 bits per heavy atom. The topological polar surface area (TPSA) is 49.3 Å². The van der Waals surface area contributed by atoms with E-state index in [0.717, 1.165) is 6.42 Å². The lowest BCUT2D eigenvalue weighted by Gasteiger charge is -2.25. The first-order valence-corrected chi connectivity index (χ1v) is 6.25. The van der Waals surface area contributed by atoms with Gasteiger partial charge in [0, 0.05) is 0 Å². The molecule has 1 amide bonds. The Balaban J connectivity index is 2.54. The van der Waals surface area contributed by atoms with Gasteiger partial charge >= 0.3 is 0 Å². The molecular formula is C12H19NO2S. The molecule has 0 saturated heterocycles. The number of hydrogen-bond acceptors (Lipinski definition) is 3. The summed E-state index contributed by atoms with van der Waals surface area (Å²) in [7, 11) is 0. The van der Waals surface area contributed by atoms with Crippen LogP contribution in [0.25, 0.3) is 0 Å². The van der Waals surface area contributed by atoms with E-state index >= 15 is 0 Å². The molecule has 0 aliphatic heterocycles. The van der Waals surface area contributed by atoms with Gasteiger partial charge < -0.3 is 10.4 Å². The van der Waals surface area contributed by atoms with Crippen LogP contribution < -0.4 is 5.32 Å². The molecule has 2 N–H and O–H groups in total. The second kappa shape index (κ2) is 5.46.